The predicted molar refractivity (Wildman–Crippen MR) is 102 cm³/mol. The van der Waals surface area contributed by atoms with E-state index in [4.69, 9.17) is 9.47 Å². The van der Waals surface area contributed by atoms with Crippen molar-refractivity contribution in [3.05, 3.63) is 46.6 Å². The van der Waals surface area contributed by atoms with Gasteiger partial charge in [-0.3, -0.25) is 0 Å². The zero-order chi connectivity index (χ0) is 17.6. The Morgan fingerprint density at radius 1 is 1.21 bits per heavy atom. The number of aromatic nitrogens is 1. The number of hydrogen-bond donors (Lipinski definition) is 1. The van der Waals surface area contributed by atoms with Crippen molar-refractivity contribution in [2.45, 2.75) is 32.6 Å². The Kier molecular flexibility index (Phi) is 6.49. The first-order chi connectivity index (χ1) is 11.4. The van der Waals surface area contributed by atoms with Gasteiger partial charge >= 0.3 is 0 Å². The zero-order valence-corrected chi connectivity index (χ0v) is 16.3. The number of halogens is 1. The molecule has 0 aliphatic heterocycles. The predicted octanol–water partition coefficient (Wildman–Crippen LogP) is 5.03. The van der Waals surface area contributed by atoms with Gasteiger partial charge in [-0.2, -0.15) is 0 Å². The van der Waals surface area contributed by atoms with Crippen LogP contribution in [-0.2, 0) is 5.41 Å². The number of rotatable bonds is 7. The molecule has 1 N–H and O–H groups in total. The summed E-state index contributed by atoms with van der Waals surface area (Å²) in [4.78, 5) is 4.24. The smallest absolute Gasteiger partial charge is 0.137 e. The number of pyridine rings is 1. The molecule has 2 aromatic rings. The summed E-state index contributed by atoms with van der Waals surface area (Å²) >= 11 is 3.61. The third kappa shape index (κ3) is 5.13. The Morgan fingerprint density at radius 2 is 2.00 bits per heavy atom. The lowest BCUT2D eigenvalue weighted by Crippen LogP contribution is -2.15. The molecule has 0 fully saturated rings. The number of nitrogens with zero attached hydrogens (tertiary/aromatic N) is 1. The minimum atomic E-state index is -0.0292. The third-order valence-electron chi connectivity index (χ3n) is 3.60. The molecule has 0 unspecified atom stereocenters. The van der Waals surface area contributed by atoms with Crippen LogP contribution in [-0.4, -0.2) is 25.2 Å². The van der Waals surface area contributed by atoms with Gasteiger partial charge < -0.3 is 14.8 Å². The molecule has 4 nitrogen and oxygen atoms in total. The number of benzene rings is 1. The zero-order valence-electron chi connectivity index (χ0n) is 14.7. The molecule has 1 heterocycles. The van der Waals surface area contributed by atoms with Crippen LogP contribution in [0.15, 0.2) is 41.0 Å². The van der Waals surface area contributed by atoms with Crippen molar-refractivity contribution < 1.29 is 9.47 Å². The fraction of sp³-hybridized carbons (Fsp3) is 0.421. The molecule has 2 rings (SSSR count). The van der Waals surface area contributed by atoms with Crippen LogP contribution in [0.3, 0.4) is 0 Å². The van der Waals surface area contributed by atoms with E-state index in [2.05, 4.69) is 47.0 Å². The number of hydrogen-bond acceptors (Lipinski definition) is 4. The van der Waals surface area contributed by atoms with E-state index in [1.165, 1.54) is 0 Å². The van der Waals surface area contributed by atoms with Gasteiger partial charge in [0.25, 0.3) is 0 Å². The van der Waals surface area contributed by atoms with Crippen LogP contribution < -0.4 is 14.8 Å². The van der Waals surface area contributed by atoms with E-state index in [-0.39, 0.29) is 5.41 Å². The van der Waals surface area contributed by atoms with E-state index in [9.17, 15) is 0 Å². The molecule has 130 valence electrons. The highest BCUT2D eigenvalue weighted by molar-refractivity contribution is 9.10. The molecule has 0 bridgehead atoms. The Hall–Kier alpha value is -1.75. The lowest BCUT2D eigenvalue weighted by Gasteiger charge is -2.24. The van der Waals surface area contributed by atoms with Gasteiger partial charge in [-0.15, -0.1) is 0 Å². The quantitative estimate of drug-likeness (QED) is 0.670. The Balaban J connectivity index is 1.96. The molecule has 1 aromatic heterocycles. The van der Waals surface area contributed by atoms with Crippen molar-refractivity contribution in [3.63, 3.8) is 0 Å². The van der Waals surface area contributed by atoms with Crippen LogP contribution in [0.2, 0.25) is 0 Å². The Bertz CT molecular complexity index is 654. The highest BCUT2D eigenvalue weighted by atomic mass is 79.9. The molecule has 0 amide bonds. The SMILES string of the molecule is COc1cc(Br)c(OCCCNc2ccccn2)c(C(C)(C)C)c1. The van der Waals surface area contributed by atoms with Gasteiger partial charge in [0, 0.05) is 18.3 Å². The highest BCUT2D eigenvalue weighted by Gasteiger charge is 2.22. The summed E-state index contributed by atoms with van der Waals surface area (Å²) in [7, 11) is 1.68. The van der Waals surface area contributed by atoms with E-state index >= 15 is 0 Å². The van der Waals surface area contributed by atoms with Crippen molar-refractivity contribution in [1.29, 1.82) is 0 Å². The average molecular weight is 393 g/mol. The summed E-state index contributed by atoms with van der Waals surface area (Å²) < 4.78 is 12.4. The van der Waals surface area contributed by atoms with Crippen LogP contribution in [0, 0.1) is 0 Å². The van der Waals surface area contributed by atoms with Crippen molar-refractivity contribution in [3.8, 4) is 11.5 Å². The molecular weight excluding hydrogens is 368 g/mol. The number of methoxy groups -OCH3 is 1. The first-order valence-electron chi connectivity index (χ1n) is 8.07. The number of ether oxygens (including phenoxy) is 2. The Morgan fingerprint density at radius 3 is 2.62 bits per heavy atom. The second-order valence-electron chi connectivity index (χ2n) is 6.58. The average Bonchev–Trinajstić information content (AvgIpc) is 2.55. The first kappa shape index (κ1) is 18.6. The maximum atomic E-state index is 6.07. The molecule has 0 aliphatic rings. The molecule has 0 spiro atoms. The topological polar surface area (TPSA) is 43.4 Å². The molecule has 0 saturated heterocycles. The molecule has 0 saturated carbocycles. The molecular formula is C19H25BrN2O2. The summed E-state index contributed by atoms with van der Waals surface area (Å²) in [6.45, 7) is 7.96. The fourth-order valence-electron chi connectivity index (χ4n) is 2.32. The van der Waals surface area contributed by atoms with Crippen molar-refractivity contribution >= 4 is 21.7 Å². The number of anilines is 1. The van der Waals surface area contributed by atoms with Crippen molar-refractivity contribution in [1.82, 2.24) is 4.98 Å². The third-order valence-corrected chi connectivity index (χ3v) is 4.19. The van der Waals surface area contributed by atoms with Gasteiger partial charge in [0.1, 0.15) is 17.3 Å². The maximum absolute atomic E-state index is 6.07. The van der Waals surface area contributed by atoms with Crippen molar-refractivity contribution in [2.75, 3.05) is 25.6 Å². The van der Waals surface area contributed by atoms with Gasteiger partial charge in [0.2, 0.25) is 0 Å². The van der Waals surface area contributed by atoms with Gasteiger partial charge in [-0.25, -0.2) is 4.98 Å². The lowest BCUT2D eigenvalue weighted by atomic mass is 9.86. The second-order valence-corrected chi connectivity index (χ2v) is 7.43. The van der Waals surface area contributed by atoms with E-state index in [0.29, 0.717) is 6.61 Å². The monoisotopic (exact) mass is 392 g/mol. The summed E-state index contributed by atoms with van der Waals surface area (Å²) in [5, 5.41) is 3.29. The van der Waals surface area contributed by atoms with Gasteiger partial charge in [0.05, 0.1) is 18.2 Å². The molecule has 0 atom stereocenters. The second kappa shape index (κ2) is 8.38. The van der Waals surface area contributed by atoms with Crippen molar-refractivity contribution in [2.24, 2.45) is 0 Å². The van der Waals surface area contributed by atoms with Crippen LogP contribution in [0.1, 0.15) is 32.8 Å². The van der Waals surface area contributed by atoms with Gasteiger partial charge in [-0.1, -0.05) is 26.8 Å². The molecule has 1 aromatic carbocycles. The first-order valence-corrected chi connectivity index (χ1v) is 8.87. The lowest BCUT2D eigenvalue weighted by molar-refractivity contribution is 0.303. The molecule has 5 heteroatoms. The largest absolute Gasteiger partial charge is 0.497 e. The van der Waals surface area contributed by atoms with E-state index < -0.39 is 0 Å². The van der Waals surface area contributed by atoms with Gasteiger partial charge in [-0.05, 0) is 52.0 Å². The van der Waals surface area contributed by atoms with Crippen LogP contribution in [0.25, 0.3) is 0 Å². The summed E-state index contributed by atoms with van der Waals surface area (Å²) in [5.41, 5.74) is 1.10. The van der Waals surface area contributed by atoms with E-state index in [0.717, 1.165) is 40.3 Å². The number of nitrogens with one attached hydrogen (secondary N) is 1. The van der Waals surface area contributed by atoms with Gasteiger partial charge in [0.15, 0.2) is 0 Å². The maximum Gasteiger partial charge on any atom is 0.137 e. The normalized spacial score (nSPS) is 11.2. The molecule has 0 radical (unpaired) electrons. The fourth-order valence-corrected chi connectivity index (χ4v) is 2.87. The van der Waals surface area contributed by atoms with Crippen LogP contribution >= 0.6 is 15.9 Å². The summed E-state index contributed by atoms with van der Waals surface area (Å²) in [6, 6.07) is 9.82. The standard InChI is InChI=1S/C19H25BrN2O2/c1-19(2,3)15-12-14(23-4)13-16(20)18(15)24-11-7-10-22-17-8-5-6-9-21-17/h5-6,8-9,12-13H,7,10-11H2,1-4H3,(H,21,22). The van der Waals surface area contributed by atoms with Crippen LogP contribution in [0.4, 0.5) is 5.82 Å². The summed E-state index contributed by atoms with van der Waals surface area (Å²) in [6.07, 6.45) is 2.67. The molecule has 0 aliphatic carbocycles. The Labute approximate surface area is 152 Å². The molecule has 24 heavy (non-hydrogen) atoms. The summed E-state index contributed by atoms with van der Waals surface area (Å²) in [5.74, 6) is 2.61. The van der Waals surface area contributed by atoms with E-state index in [1.807, 2.05) is 30.3 Å². The minimum absolute atomic E-state index is 0.0292. The highest BCUT2D eigenvalue weighted by Crippen LogP contribution is 2.40. The van der Waals surface area contributed by atoms with E-state index in [1.54, 1.807) is 13.3 Å². The van der Waals surface area contributed by atoms with Crippen LogP contribution in [0.5, 0.6) is 11.5 Å². The minimum Gasteiger partial charge on any atom is -0.497 e.